The fourth-order valence-electron chi connectivity index (χ4n) is 0.975. The summed E-state index contributed by atoms with van der Waals surface area (Å²) in [5.74, 6) is -1.01. The molecule has 2 aromatic heterocycles. The monoisotopic (exact) mass is 175 g/mol. The molecule has 0 spiro atoms. The Hall–Kier alpha value is -2.04. The number of carboxylic acids is 1. The molecule has 0 saturated carbocycles. The predicted octanol–water partition coefficient (Wildman–Crippen LogP) is 0.723. The SMILES string of the molecule is O=C(O)c1cnc2nccnc2c1. The first kappa shape index (κ1) is 7.60. The number of aromatic carboxylic acids is 1. The van der Waals surface area contributed by atoms with E-state index in [1.54, 1.807) is 0 Å². The molecular formula is C8H5N3O2. The lowest BCUT2D eigenvalue weighted by Gasteiger charge is -1.95. The van der Waals surface area contributed by atoms with Crippen LogP contribution in [0.2, 0.25) is 0 Å². The zero-order valence-corrected chi connectivity index (χ0v) is 6.51. The molecule has 64 valence electrons. The van der Waals surface area contributed by atoms with E-state index in [1.807, 2.05) is 0 Å². The van der Waals surface area contributed by atoms with Gasteiger partial charge in [0.1, 0.15) is 5.52 Å². The molecule has 2 rings (SSSR count). The average Bonchev–Trinajstić information content (AvgIpc) is 2.17. The molecule has 13 heavy (non-hydrogen) atoms. The summed E-state index contributed by atoms with van der Waals surface area (Å²) >= 11 is 0. The van der Waals surface area contributed by atoms with Gasteiger partial charge in [0.15, 0.2) is 5.65 Å². The Morgan fingerprint density at radius 3 is 2.77 bits per heavy atom. The molecular weight excluding hydrogens is 170 g/mol. The molecule has 0 aliphatic rings. The van der Waals surface area contributed by atoms with E-state index in [0.29, 0.717) is 11.2 Å². The summed E-state index contributed by atoms with van der Waals surface area (Å²) in [5.41, 5.74) is 1.06. The van der Waals surface area contributed by atoms with Crippen LogP contribution in [0.5, 0.6) is 0 Å². The Kier molecular flexibility index (Phi) is 1.63. The molecule has 0 unspecified atom stereocenters. The van der Waals surface area contributed by atoms with Crippen LogP contribution >= 0.6 is 0 Å². The number of hydrogen-bond acceptors (Lipinski definition) is 4. The third-order valence-corrected chi connectivity index (χ3v) is 1.57. The van der Waals surface area contributed by atoms with E-state index in [1.165, 1.54) is 24.7 Å². The lowest BCUT2D eigenvalue weighted by atomic mass is 10.3. The molecule has 0 amide bonds. The summed E-state index contributed by atoms with van der Waals surface area (Å²) in [6.45, 7) is 0. The summed E-state index contributed by atoms with van der Waals surface area (Å²) in [5, 5.41) is 8.66. The third kappa shape index (κ3) is 1.31. The Labute approximate surface area is 73.1 Å². The van der Waals surface area contributed by atoms with E-state index >= 15 is 0 Å². The first-order valence-corrected chi connectivity index (χ1v) is 3.57. The van der Waals surface area contributed by atoms with E-state index in [-0.39, 0.29) is 5.56 Å². The largest absolute Gasteiger partial charge is 0.478 e. The average molecular weight is 175 g/mol. The van der Waals surface area contributed by atoms with Crippen molar-refractivity contribution in [2.24, 2.45) is 0 Å². The fourth-order valence-corrected chi connectivity index (χ4v) is 0.975. The van der Waals surface area contributed by atoms with Gasteiger partial charge in [0.25, 0.3) is 0 Å². The highest BCUT2D eigenvalue weighted by Crippen LogP contribution is 2.06. The van der Waals surface area contributed by atoms with E-state index in [2.05, 4.69) is 15.0 Å². The number of hydrogen-bond donors (Lipinski definition) is 1. The summed E-state index contributed by atoms with van der Waals surface area (Å²) in [4.78, 5) is 22.3. The van der Waals surface area contributed by atoms with Crippen LogP contribution in [0.1, 0.15) is 10.4 Å². The molecule has 0 aromatic carbocycles. The third-order valence-electron chi connectivity index (χ3n) is 1.57. The molecule has 0 bridgehead atoms. The minimum Gasteiger partial charge on any atom is -0.478 e. The van der Waals surface area contributed by atoms with Crippen LogP contribution in [0.3, 0.4) is 0 Å². The zero-order valence-electron chi connectivity index (χ0n) is 6.51. The van der Waals surface area contributed by atoms with Gasteiger partial charge in [0.2, 0.25) is 0 Å². The molecule has 1 N–H and O–H groups in total. The number of rotatable bonds is 1. The van der Waals surface area contributed by atoms with Crippen molar-refractivity contribution in [3.05, 3.63) is 30.2 Å². The van der Waals surface area contributed by atoms with Crippen LogP contribution < -0.4 is 0 Å². The summed E-state index contributed by atoms with van der Waals surface area (Å²) < 4.78 is 0. The highest BCUT2D eigenvalue weighted by atomic mass is 16.4. The molecule has 0 aliphatic carbocycles. The first-order chi connectivity index (χ1) is 6.27. The number of fused-ring (bicyclic) bond motifs is 1. The zero-order chi connectivity index (χ0) is 9.26. The molecule has 5 heteroatoms. The fraction of sp³-hybridized carbons (Fsp3) is 0. The summed E-state index contributed by atoms with van der Waals surface area (Å²) in [6.07, 6.45) is 4.27. The maximum absolute atomic E-state index is 10.6. The van der Waals surface area contributed by atoms with Gasteiger partial charge < -0.3 is 5.11 Å². The number of carbonyl (C=O) groups is 1. The Morgan fingerprint density at radius 2 is 2.00 bits per heavy atom. The van der Waals surface area contributed by atoms with Crippen LogP contribution in [-0.2, 0) is 0 Å². The molecule has 2 aromatic rings. The van der Waals surface area contributed by atoms with Crippen LogP contribution in [-0.4, -0.2) is 26.0 Å². The lowest BCUT2D eigenvalue weighted by molar-refractivity contribution is 0.0696. The van der Waals surface area contributed by atoms with Crippen molar-refractivity contribution in [3.63, 3.8) is 0 Å². The minimum absolute atomic E-state index is 0.119. The maximum Gasteiger partial charge on any atom is 0.337 e. The van der Waals surface area contributed by atoms with Crippen molar-refractivity contribution in [1.29, 1.82) is 0 Å². The van der Waals surface area contributed by atoms with Crippen molar-refractivity contribution in [2.45, 2.75) is 0 Å². The molecule has 0 radical (unpaired) electrons. The second kappa shape index (κ2) is 2.78. The van der Waals surface area contributed by atoms with Gasteiger partial charge in [-0.2, -0.15) is 0 Å². The van der Waals surface area contributed by atoms with E-state index in [4.69, 9.17) is 5.11 Å². The molecule has 0 atom stereocenters. The van der Waals surface area contributed by atoms with Gasteiger partial charge in [-0.15, -0.1) is 0 Å². The van der Waals surface area contributed by atoms with Crippen molar-refractivity contribution in [2.75, 3.05) is 0 Å². The topological polar surface area (TPSA) is 76.0 Å². The standard InChI is InChI=1S/C8H5N3O2/c12-8(13)5-3-6-7(11-4-5)10-2-1-9-6/h1-4H,(H,12,13). The van der Waals surface area contributed by atoms with Crippen molar-refractivity contribution >= 4 is 17.1 Å². The van der Waals surface area contributed by atoms with Crippen LogP contribution in [0.4, 0.5) is 0 Å². The van der Waals surface area contributed by atoms with Gasteiger partial charge >= 0.3 is 5.97 Å². The summed E-state index contributed by atoms with van der Waals surface area (Å²) in [7, 11) is 0. The molecule has 2 heterocycles. The Bertz CT molecular complexity index is 470. The Morgan fingerprint density at radius 1 is 1.23 bits per heavy atom. The van der Waals surface area contributed by atoms with Gasteiger partial charge in [-0.3, -0.25) is 4.98 Å². The highest BCUT2D eigenvalue weighted by Gasteiger charge is 2.04. The van der Waals surface area contributed by atoms with Crippen LogP contribution in [0.15, 0.2) is 24.7 Å². The maximum atomic E-state index is 10.6. The number of nitrogens with zero attached hydrogens (tertiary/aromatic N) is 3. The molecule has 0 fully saturated rings. The second-order valence-corrected chi connectivity index (χ2v) is 2.43. The first-order valence-electron chi connectivity index (χ1n) is 3.57. The van der Waals surface area contributed by atoms with Crippen molar-refractivity contribution in [3.8, 4) is 0 Å². The van der Waals surface area contributed by atoms with Gasteiger partial charge in [-0.25, -0.2) is 14.8 Å². The van der Waals surface area contributed by atoms with Gasteiger partial charge in [0, 0.05) is 18.6 Å². The quantitative estimate of drug-likeness (QED) is 0.691. The molecule has 0 aliphatic heterocycles. The van der Waals surface area contributed by atoms with Crippen LogP contribution in [0, 0.1) is 0 Å². The molecule has 0 saturated heterocycles. The van der Waals surface area contributed by atoms with Crippen LogP contribution in [0.25, 0.3) is 11.2 Å². The van der Waals surface area contributed by atoms with Crippen molar-refractivity contribution < 1.29 is 9.90 Å². The smallest absolute Gasteiger partial charge is 0.337 e. The van der Waals surface area contributed by atoms with Gasteiger partial charge in [-0.05, 0) is 6.07 Å². The molecule has 5 nitrogen and oxygen atoms in total. The van der Waals surface area contributed by atoms with Crippen molar-refractivity contribution in [1.82, 2.24) is 15.0 Å². The van der Waals surface area contributed by atoms with Gasteiger partial charge in [0.05, 0.1) is 5.56 Å². The predicted molar refractivity (Wildman–Crippen MR) is 44.3 cm³/mol. The highest BCUT2D eigenvalue weighted by molar-refractivity contribution is 5.90. The minimum atomic E-state index is -1.01. The van der Waals surface area contributed by atoms with Gasteiger partial charge in [-0.1, -0.05) is 0 Å². The van der Waals surface area contributed by atoms with E-state index in [9.17, 15) is 4.79 Å². The second-order valence-electron chi connectivity index (χ2n) is 2.43. The van der Waals surface area contributed by atoms with E-state index in [0.717, 1.165) is 0 Å². The normalized spacial score (nSPS) is 10.2. The Balaban J connectivity index is 2.69. The van der Waals surface area contributed by atoms with E-state index < -0.39 is 5.97 Å². The number of carboxylic acid groups (broad SMARTS) is 1. The lowest BCUT2D eigenvalue weighted by Crippen LogP contribution is -1.98. The number of aromatic nitrogens is 3. The number of pyridine rings is 1. The summed E-state index contributed by atoms with van der Waals surface area (Å²) in [6, 6.07) is 1.44.